The lowest BCUT2D eigenvalue weighted by atomic mass is 10.1. The predicted molar refractivity (Wildman–Crippen MR) is 124 cm³/mol. The number of rotatable bonds is 9. The quantitative estimate of drug-likeness (QED) is 0.411. The molecule has 0 aliphatic carbocycles. The SMILES string of the molecule is CCCCOc1cccc(CNC(=O)c2ccccc2N(C)C(=O)c2ccc(Br)o2)c1. The Balaban J connectivity index is 1.69. The zero-order valence-electron chi connectivity index (χ0n) is 17.6. The molecule has 0 aliphatic heterocycles. The number of ether oxygens (including phenoxy) is 1. The van der Waals surface area contributed by atoms with Crippen LogP contribution in [0.15, 0.2) is 69.8 Å². The molecule has 0 spiro atoms. The van der Waals surface area contributed by atoms with Gasteiger partial charge in [-0.3, -0.25) is 9.59 Å². The lowest BCUT2D eigenvalue weighted by molar-refractivity contribution is 0.0951. The van der Waals surface area contributed by atoms with Gasteiger partial charge in [-0.15, -0.1) is 0 Å². The van der Waals surface area contributed by atoms with Crippen molar-refractivity contribution in [3.05, 3.63) is 82.2 Å². The molecular weight excluding hydrogens is 460 g/mol. The fraction of sp³-hybridized carbons (Fsp3) is 0.250. The predicted octanol–water partition coefficient (Wildman–Crippen LogP) is 5.43. The Morgan fingerprint density at radius 3 is 2.65 bits per heavy atom. The fourth-order valence-electron chi connectivity index (χ4n) is 3.02. The van der Waals surface area contributed by atoms with Crippen LogP contribution in [0.1, 0.15) is 46.2 Å². The van der Waals surface area contributed by atoms with E-state index in [1.807, 2.05) is 24.3 Å². The van der Waals surface area contributed by atoms with Crippen LogP contribution in [-0.4, -0.2) is 25.5 Å². The van der Waals surface area contributed by atoms with Crippen LogP contribution in [0.4, 0.5) is 5.69 Å². The molecule has 0 saturated carbocycles. The van der Waals surface area contributed by atoms with Crippen molar-refractivity contribution in [1.29, 1.82) is 0 Å². The number of amides is 2. The monoisotopic (exact) mass is 484 g/mol. The summed E-state index contributed by atoms with van der Waals surface area (Å²) >= 11 is 3.20. The van der Waals surface area contributed by atoms with Crippen molar-refractivity contribution in [2.75, 3.05) is 18.6 Å². The maximum Gasteiger partial charge on any atom is 0.293 e. The summed E-state index contributed by atoms with van der Waals surface area (Å²) in [4.78, 5) is 27.0. The molecule has 0 atom stereocenters. The van der Waals surface area contributed by atoms with Crippen LogP contribution in [0.3, 0.4) is 0 Å². The topological polar surface area (TPSA) is 71.8 Å². The molecule has 0 radical (unpaired) electrons. The number of nitrogens with one attached hydrogen (secondary N) is 1. The summed E-state index contributed by atoms with van der Waals surface area (Å²) in [5.41, 5.74) is 1.83. The van der Waals surface area contributed by atoms with E-state index in [2.05, 4.69) is 28.2 Å². The Hall–Kier alpha value is -3.06. The zero-order chi connectivity index (χ0) is 22.2. The van der Waals surface area contributed by atoms with Gasteiger partial charge in [-0.1, -0.05) is 37.6 Å². The third-order valence-corrected chi connectivity index (χ3v) is 5.14. The van der Waals surface area contributed by atoms with E-state index in [1.54, 1.807) is 43.4 Å². The van der Waals surface area contributed by atoms with Crippen molar-refractivity contribution in [3.63, 3.8) is 0 Å². The van der Waals surface area contributed by atoms with Crippen molar-refractivity contribution in [2.24, 2.45) is 0 Å². The van der Waals surface area contributed by atoms with Gasteiger partial charge in [0.2, 0.25) is 0 Å². The van der Waals surface area contributed by atoms with E-state index in [4.69, 9.17) is 9.15 Å². The highest BCUT2D eigenvalue weighted by Gasteiger charge is 2.21. The normalized spacial score (nSPS) is 10.5. The maximum absolute atomic E-state index is 12.9. The first-order chi connectivity index (χ1) is 15.0. The Bertz CT molecular complexity index is 1050. The van der Waals surface area contributed by atoms with Crippen LogP contribution in [0, 0.1) is 0 Å². The Labute approximate surface area is 190 Å². The number of para-hydroxylation sites is 1. The molecular formula is C24H25BrN2O4. The highest BCUT2D eigenvalue weighted by atomic mass is 79.9. The van der Waals surface area contributed by atoms with Crippen molar-refractivity contribution < 1.29 is 18.7 Å². The number of furan rings is 1. The van der Waals surface area contributed by atoms with E-state index in [9.17, 15) is 9.59 Å². The van der Waals surface area contributed by atoms with Gasteiger partial charge in [0.25, 0.3) is 11.8 Å². The minimum Gasteiger partial charge on any atom is -0.494 e. The third-order valence-electron chi connectivity index (χ3n) is 4.72. The van der Waals surface area contributed by atoms with Gasteiger partial charge in [0, 0.05) is 13.6 Å². The molecule has 7 heteroatoms. The van der Waals surface area contributed by atoms with Gasteiger partial charge in [-0.25, -0.2) is 0 Å². The summed E-state index contributed by atoms with van der Waals surface area (Å²) in [6, 6.07) is 17.9. The van der Waals surface area contributed by atoms with Crippen molar-refractivity contribution in [1.82, 2.24) is 5.32 Å². The molecule has 1 aromatic heterocycles. The zero-order valence-corrected chi connectivity index (χ0v) is 19.1. The second-order valence-electron chi connectivity index (χ2n) is 7.02. The first kappa shape index (κ1) is 22.6. The molecule has 2 aromatic carbocycles. The number of carbonyl (C=O) groups is 2. The van der Waals surface area contributed by atoms with Crippen molar-refractivity contribution >= 4 is 33.4 Å². The lowest BCUT2D eigenvalue weighted by Gasteiger charge is -2.19. The summed E-state index contributed by atoms with van der Waals surface area (Å²) in [6.07, 6.45) is 2.07. The maximum atomic E-state index is 12.9. The van der Waals surface area contributed by atoms with Gasteiger partial charge in [0.15, 0.2) is 10.4 Å². The molecule has 0 fully saturated rings. The molecule has 31 heavy (non-hydrogen) atoms. The van der Waals surface area contributed by atoms with Crippen LogP contribution < -0.4 is 15.0 Å². The van der Waals surface area contributed by atoms with Crippen molar-refractivity contribution in [3.8, 4) is 5.75 Å². The standard InChI is InChI=1S/C24H25BrN2O4/c1-3-4-14-30-18-9-7-8-17(15-18)16-26-23(28)19-10-5-6-11-20(19)27(2)24(29)21-12-13-22(25)31-21/h5-13,15H,3-4,14,16H2,1-2H3,(H,26,28). The minimum atomic E-state index is -0.345. The van der Waals surface area contributed by atoms with Crippen LogP contribution in [0.25, 0.3) is 0 Å². The van der Waals surface area contributed by atoms with Crippen LogP contribution in [0.2, 0.25) is 0 Å². The Morgan fingerprint density at radius 2 is 1.90 bits per heavy atom. The van der Waals surface area contributed by atoms with Gasteiger partial charge >= 0.3 is 0 Å². The molecule has 1 heterocycles. The van der Waals surface area contributed by atoms with Crippen LogP contribution >= 0.6 is 15.9 Å². The molecule has 162 valence electrons. The number of hydrogen-bond acceptors (Lipinski definition) is 4. The number of anilines is 1. The van der Waals surface area contributed by atoms with Gasteiger partial charge in [0.05, 0.1) is 17.9 Å². The first-order valence-corrected chi connectivity index (χ1v) is 10.9. The van der Waals surface area contributed by atoms with E-state index in [0.717, 1.165) is 24.2 Å². The van der Waals surface area contributed by atoms with Gasteiger partial charge < -0.3 is 19.4 Å². The number of carbonyl (C=O) groups excluding carboxylic acids is 2. The molecule has 0 aliphatic rings. The number of hydrogen-bond donors (Lipinski definition) is 1. The summed E-state index contributed by atoms with van der Waals surface area (Å²) in [7, 11) is 1.61. The van der Waals surface area contributed by atoms with E-state index < -0.39 is 0 Å². The summed E-state index contributed by atoms with van der Waals surface area (Å²) in [5, 5.41) is 2.92. The first-order valence-electron chi connectivity index (χ1n) is 10.1. The third kappa shape index (κ3) is 5.98. The number of halogens is 1. The minimum absolute atomic E-state index is 0.185. The summed E-state index contributed by atoms with van der Waals surface area (Å²) in [5.74, 6) is 0.357. The molecule has 1 N–H and O–H groups in total. The molecule has 3 rings (SSSR count). The highest BCUT2D eigenvalue weighted by molar-refractivity contribution is 9.10. The average Bonchev–Trinajstić information content (AvgIpc) is 3.23. The van der Waals surface area contributed by atoms with E-state index >= 15 is 0 Å². The number of benzene rings is 2. The van der Waals surface area contributed by atoms with E-state index in [1.165, 1.54) is 4.90 Å². The largest absolute Gasteiger partial charge is 0.494 e. The molecule has 0 unspecified atom stereocenters. The van der Waals surface area contributed by atoms with Crippen molar-refractivity contribution in [2.45, 2.75) is 26.3 Å². The Morgan fingerprint density at radius 1 is 1.10 bits per heavy atom. The molecule has 0 bridgehead atoms. The second-order valence-corrected chi connectivity index (χ2v) is 7.80. The fourth-order valence-corrected chi connectivity index (χ4v) is 3.33. The summed E-state index contributed by atoms with van der Waals surface area (Å²) in [6.45, 7) is 3.14. The molecule has 3 aromatic rings. The molecule has 2 amide bonds. The van der Waals surface area contributed by atoms with E-state index in [-0.39, 0.29) is 17.6 Å². The summed E-state index contributed by atoms with van der Waals surface area (Å²) < 4.78 is 11.6. The number of unbranched alkanes of at least 4 members (excludes halogenated alkanes) is 1. The second kappa shape index (κ2) is 10.8. The smallest absolute Gasteiger partial charge is 0.293 e. The average molecular weight is 485 g/mol. The van der Waals surface area contributed by atoms with Crippen LogP contribution in [-0.2, 0) is 6.54 Å². The van der Waals surface area contributed by atoms with Gasteiger partial charge in [0.1, 0.15) is 5.75 Å². The number of nitrogens with zero attached hydrogens (tertiary/aromatic N) is 1. The highest BCUT2D eigenvalue weighted by Crippen LogP contribution is 2.23. The van der Waals surface area contributed by atoms with Gasteiger partial charge in [-0.2, -0.15) is 0 Å². The Kier molecular flexibility index (Phi) is 7.89. The lowest BCUT2D eigenvalue weighted by Crippen LogP contribution is -2.30. The molecule has 0 saturated heterocycles. The van der Waals surface area contributed by atoms with Gasteiger partial charge in [-0.05, 0) is 64.3 Å². The van der Waals surface area contributed by atoms with E-state index in [0.29, 0.717) is 29.1 Å². The van der Waals surface area contributed by atoms with Crippen LogP contribution in [0.5, 0.6) is 5.75 Å². The molecule has 6 nitrogen and oxygen atoms in total.